The Labute approximate surface area is 166 Å². The molecule has 7 heteroatoms. The van der Waals surface area contributed by atoms with Crippen molar-refractivity contribution in [3.05, 3.63) is 51.7 Å². The first kappa shape index (κ1) is 19.4. The standard InChI is InChI=1S/C21H28FN4OP/c1-13-8-15(10-26-12-18-19(24-26)6-7-23-20(18)27)25(3)11-17(13)16-5-4-14(16)9-21(2,22)28/h6-8,12,14,16H,4-5,9-11,28H2,1-3H3,(H,23,27). The van der Waals surface area contributed by atoms with Crippen LogP contribution in [0.3, 0.4) is 0 Å². The van der Waals surface area contributed by atoms with E-state index in [1.54, 1.807) is 19.3 Å². The van der Waals surface area contributed by atoms with E-state index >= 15 is 0 Å². The largest absolute Gasteiger partial charge is 0.372 e. The Hall–Kier alpha value is -1.94. The predicted octanol–water partition coefficient (Wildman–Crippen LogP) is 3.85. The van der Waals surface area contributed by atoms with Crippen LogP contribution in [0.4, 0.5) is 4.39 Å². The van der Waals surface area contributed by atoms with Gasteiger partial charge >= 0.3 is 0 Å². The molecule has 0 saturated heterocycles. The minimum absolute atomic E-state index is 0.113. The van der Waals surface area contributed by atoms with Gasteiger partial charge in [-0.3, -0.25) is 9.48 Å². The van der Waals surface area contributed by atoms with E-state index in [1.807, 2.05) is 10.7 Å². The first-order chi connectivity index (χ1) is 13.2. The van der Waals surface area contributed by atoms with Crippen LogP contribution in [0.1, 0.15) is 33.1 Å². The number of alkyl halides is 1. The maximum atomic E-state index is 14.1. The van der Waals surface area contributed by atoms with Crippen LogP contribution >= 0.6 is 9.24 Å². The summed E-state index contributed by atoms with van der Waals surface area (Å²) in [6, 6.07) is 1.82. The van der Waals surface area contributed by atoms with Crippen molar-refractivity contribution in [3.63, 3.8) is 0 Å². The third kappa shape index (κ3) is 3.80. The summed E-state index contributed by atoms with van der Waals surface area (Å²) in [5.41, 5.74) is 4.50. The van der Waals surface area contributed by atoms with Gasteiger partial charge in [-0.1, -0.05) is 9.24 Å². The predicted molar refractivity (Wildman–Crippen MR) is 114 cm³/mol. The molecule has 2 aromatic heterocycles. The highest BCUT2D eigenvalue weighted by atomic mass is 31.0. The monoisotopic (exact) mass is 402 g/mol. The van der Waals surface area contributed by atoms with Crippen molar-refractivity contribution in [2.45, 2.75) is 45.1 Å². The number of likely N-dealkylation sites (N-methyl/N-ethyl adjacent to an activating group) is 1. The number of halogens is 1. The van der Waals surface area contributed by atoms with Gasteiger partial charge in [0.05, 0.1) is 17.4 Å². The molecule has 1 fully saturated rings. The van der Waals surface area contributed by atoms with E-state index in [0.717, 1.165) is 19.4 Å². The molecule has 1 aliphatic carbocycles. The topological polar surface area (TPSA) is 53.9 Å². The van der Waals surface area contributed by atoms with E-state index in [2.05, 4.69) is 44.3 Å². The van der Waals surface area contributed by atoms with Crippen molar-refractivity contribution in [3.8, 4) is 0 Å². The van der Waals surface area contributed by atoms with Crippen LogP contribution in [0.15, 0.2) is 46.2 Å². The van der Waals surface area contributed by atoms with E-state index in [-0.39, 0.29) is 5.56 Å². The summed E-state index contributed by atoms with van der Waals surface area (Å²) in [7, 11) is 4.44. The van der Waals surface area contributed by atoms with Gasteiger partial charge in [-0.2, -0.15) is 5.10 Å². The Morgan fingerprint density at radius 3 is 2.86 bits per heavy atom. The lowest BCUT2D eigenvalue weighted by Crippen LogP contribution is -2.37. The molecule has 28 heavy (non-hydrogen) atoms. The molecule has 4 atom stereocenters. The zero-order chi connectivity index (χ0) is 20.1. The highest BCUT2D eigenvalue weighted by Gasteiger charge is 2.38. The van der Waals surface area contributed by atoms with Gasteiger partial charge in [0.1, 0.15) is 5.41 Å². The zero-order valence-electron chi connectivity index (χ0n) is 16.7. The van der Waals surface area contributed by atoms with Gasteiger partial charge in [-0.15, -0.1) is 0 Å². The second-order valence-electron chi connectivity index (χ2n) is 8.56. The molecule has 0 radical (unpaired) electrons. The molecule has 1 saturated carbocycles. The Morgan fingerprint density at radius 2 is 2.21 bits per heavy atom. The normalized spacial score (nSPS) is 24.9. The summed E-state index contributed by atoms with van der Waals surface area (Å²) < 4.78 is 15.9. The maximum absolute atomic E-state index is 14.1. The summed E-state index contributed by atoms with van der Waals surface area (Å²) in [6.07, 6.45) is 8.53. The van der Waals surface area contributed by atoms with Crippen LogP contribution in [-0.4, -0.2) is 38.7 Å². The van der Waals surface area contributed by atoms with Crippen molar-refractivity contribution in [2.24, 2.45) is 11.8 Å². The van der Waals surface area contributed by atoms with Crippen molar-refractivity contribution in [2.75, 3.05) is 13.6 Å². The van der Waals surface area contributed by atoms with Crippen LogP contribution in [-0.2, 0) is 6.54 Å². The Morgan fingerprint density at radius 1 is 1.43 bits per heavy atom. The number of rotatable bonds is 5. The number of nitrogens with one attached hydrogen (secondary N) is 1. The molecule has 4 unspecified atom stereocenters. The van der Waals surface area contributed by atoms with Crippen molar-refractivity contribution < 1.29 is 4.39 Å². The maximum Gasteiger partial charge on any atom is 0.259 e. The minimum atomic E-state index is -1.18. The molecule has 0 bridgehead atoms. The molecular weight excluding hydrogens is 374 g/mol. The van der Waals surface area contributed by atoms with E-state index in [1.165, 1.54) is 16.8 Å². The number of aromatic nitrogens is 3. The van der Waals surface area contributed by atoms with Gasteiger partial charge in [0, 0.05) is 31.7 Å². The molecular formula is C21H28FN4OP. The van der Waals surface area contributed by atoms with Crippen LogP contribution in [0, 0.1) is 11.8 Å². The summed E-state index contributed by atoms with van der Waals surface area (Å²) in [4.78, 5) is 16.9. The molecule has 4 rings (SSSR count). The summed E-state index contributed by atoms with van der Waals surface area (Å²) in [5, 5.41) is 3.96. The highest BCUT2D eigenvalue weighted by Crippen LogP contribution is 2.47. The number of H-pyrrole nitrogens is 1. The number of fused-ring (bicyclic) bond motifs is 1. The van der Waals surface area contributed by atoms with E-state index in [0.29, 0.717) is 35.7 Å². The van der Waals surface area contributed by atoms with Gasteiger partial charge in [-0.25, -0.2) is 4.39 Å². The Balaban J connectivity index is 1.55. The minimum Gasteiger partial charge on any atom is -0.372 e. The molecule has 3 heterocycles. The van der Waals surface area contributed by atoms with E-state index < -0.39 is 5.41 Å². The van der Waals surface area contributed by atoms with Crippen LogP contribution < -0.4 is 5.56 Å². The third-order valence-electron chi connectivity index (χ3n) is 6.13. The van der Waals surface area contributed by atoms with Crippen molar-refractivity contribution >= 4 is 20.1 Å². The molecule has 1 aliphatic heterocycles. The fourth-order valence-corrected chi connectivity index (χ4v) is 4.85. The number of allylic oxidation sites excluding steroid dienone is 3. The molecule has 0 aromatic carbocycles. The quantitative estimate of drug-likeness (QED) is 0.773. The molecule has 2 aromatic rings. The van der Waals surface area contributed by atoms with Crippen LogP contribution in [0.5, 0.6) is 0 Å². The molecule has 1 N–H and O–H groups in total. The number of pyridine rings is 1. The zero-order valence-corrected chi connectivity index (χ0v) is 17.9. The fourth-order valence-electron chi connectivity index (χ4n) is 4.55. The third-order valence-corrected chi connectivity index (χ3v) is 6.36. The number of hydrogen-bond donors (Lipinski definition) is 1. The van der Waals surface area contributed by atoms with E-state index in [4.69, 9.17) is 0 Å². The summed E-state index contributed by atoms with van der Waals surface area (Å²) in [6.45, 7) is 5.31. The molecule has 0 spiro atoms. The fraction of sp³-hybridized carbons (Fsp3) is 0.524. The highest BCUT2D eigenvalue weighted by molar-refractivity contribution is 7.18. The Kier molecular flexibility index (Phi) is 4.95. The number of nitrogens with zero attached hydrogens (tertiary/aromatic N) is 3. The van der Waals surface area contributed by atoms with Crippen molar-refractivity contribution in [1.82, 2.24) is 19.7 Å². The number of hydrogen-bond acceptors (Lipinski definition) is 3. The van der Waals surface area contributed by atoms with Gasteiger partial charge in [0.15, 0.2) is 0 Å². The van der Waals surface area contributed by atoms with Gasteiger partial charge in [0.2, 0.25) is 0 Å². The average Bonchev–Trinajstić information content (AvgIpc) is 3.00. The van der Waals surface area contributed by atoms with Gasteiger partial charge in [0.25, 0.3) is 5.56 Å². The Bertz CT molecular complexity index is 1010. The first-order valence-electron chi connectivity index (χ1n) is 9.85. The lowest BCUT2D eigenvalue weighted by Gasteiger charge is -2.44. The lowest BCUT2D eigenvalue weighted by molar-refractivity contribution is 0.133. The first-order valence-corrected chi connectivity index (χ1v) is 10.4. The van der Waals surface area contributed by atoms with Gasteiger partial charge < -0.3 is 9.88 Å². The molecule has 150 valence electrons. The average molecular weight is 402 g/mol. The van der Waals surface area contributed by atoms with E-state index in [9.17, 15) is 9.18 Å². The number of aromatic amines is 1. The SMILES string of the molecule is CC1=C(C2CCC2CC(C)(F)P)CN(C)C(Cn2cc3c(=O)[nH]ccc3n2)=C1. The molecule has 5 nitrogen and oxygen atoms in total. The molecule has 0 amide bonds. The molecule has 2 aliphatic rings. The summed E-state index contributed by atoms with van der Waals surface area (Å²) >= 11 is 0. The van der Waals surface area contributed by atoms with Crippen LogP contribution in [0.2, 0.25) is 0 Å². The van der Waals surface area contributed by atoms with Gasteiger partial charge in [-0.05, 0) is 68.2 Å². The second kappa shape index (κ2) is 7.14. The van der Waals surface area contributed by atoms with Crippen LogP contribution in [0.25, 0.3) is 10.9 Å². The summed E-state index contributed by atoms with van der Waals surface area (Å²) in [5.74, 6) is 0.922. The van der Waals surface area contributed by atoms with Crippen molar-refractivity contribution in [1.29, 1.82) is 0 Å². The smallest absolute Gasteiger partial charge is 0.259 e. The lowest BCUT2D eigenvalue weighted by atomic mass is 9.66. The second-order valence-corrected chi connectivity index (χ2v) is 9.76.